The highest BCUT2D eigenvalue weighted by atomic mass is 19.1. The van der Waals surface area contributed by atoms with Crippen molar-refractivity contribution in [2.75, 3.05) is 0 Å². The highest BCUT2D eigenvalue weighted by Gasteiger charge is 2.45. The summed E-state index contributed by atoms with van der Waals surface area (Å²) in [7, 11) is 0. The normalized spacial score (nSPS) is 19.9. The molecule has 3 N–H and O–H groups in total. The van der Waals surface area contributed by atoms with Crippen LogP contribution in [0.25, 0.3) is 11.3 Å². The van der Waals surface area contributed by atoms with Crippen molar-refractivity contribution in [3.05, 3.63) is 106 Å². The minimum absolute atomic E-state index is 0.0336. The lowest BCUT2D eigenvalue weighted by Gasteiger charge is -2.31. The van der Waals surface area contributed by atoms with Crippen molar-refractivity contribution in [3.63, 3.8) is 0 Å². The van der Waals surface area contributed by atoms with E-state index in [2.05, 4.69) is 36.0 Å². The standard InChI is InChI=1S/C24H21FN8O2/c1-14-13-17(10-11-19(14)25)33-22(35)20(15(2)29-33)26-30-24(23-27-31-32-28-23)12-6-9-18(21(24)34)16-7-4-3-5-8-16/h3-13,21,29,34H,1-2H3,(H,27,28,31,32). The topological polar surface area (TPSA) is 137 Å². The van der Waals surface area contributed by atoms with Gasteiger partial charge in [-0.25, -0.2) is 9.07 Å². The summed E-state index contributed by atoms with van der Waals surface area (Å²) in [4.78, 5) is 13.2. The molecule has 2 aromatic carbocycles. The van der Waals surface area contributed by atoms with Gasteiger partial charge in [0.15, 0.2) is 11.2 Å². The van der Waals surface area contributed by atoms with Gasteiger partial charge in [0.05, 0.1) is 11.4 Å². The van der Waals surface area contributed by atoms with Crippen molar-refractivity contribution >= 4 is 11.3 Å². The summed E-state index contributed by atoms with van der Waals surface area (Å²) in [5.41, 5.74) is 0.702. The number of aromatic amines is 2. The fourth-order valence-electron chi connectivity index (χ4n) is 4.00. The van der Waals surface area contributed by atoms with Crippen LogP contribution in [0.2, 0.25) is 0 Å². The molecule has 2 heterocycles. The molecule has 0 saturated heterocycles. The Balaban J connectivity index is 1.58. The van der Waals surface area contributed by atoms with Gasteiger partial charge in [-0.05, 0) is 54.8 Å². The number of aliphatic hydroxyl groups is 1. The second-order valence-corrected chi connectivity index (χ2v) is 8.17. The number of aliphatic hydroxyl groups excluding tert-OH is 1. The van der Waals surface area contributed by atoms with Gasteiger partial charge in [-0.15, -0.1) is 15.3 Å². The first-order valence-electron chi connectivity index (χ1n) is 10.8. The van der Waals surface area contributed by atoms with E-state index in [9.17, 15) is 14.3 Å². The number of nitrogens with zero attached hydrogens (tertiary/aromatic N) is 6. The summed E-state index contributed by atoms with van der Waals surface area (Å²) in [6.45, 7) is 3.29. The van der Waals surface area contributed by atoms with Gasteiger partial charge in [-0.1, -0.05) is 47.7 Å². The fraction of sp³-hybridized carbons (Fsp3) is 0.167. The first-order valence-corrected chi connectivity index (χ1v) is 10.8. The van der Waals surface area contributed by atoms with Crippen LogP contribution < -0.4 is 5.56 Å². The van der Waals surface area contributed by atoms with Gasteiger partial charge in [0, 0.05) is 0 Å². The van der Waals surface area contributed by atoms with Crippen LogP contribution in [0.5, 0.6) is 0 Å². The molecule has 1 aliphatic carbocycles. The van der Waals surface area contributed by atoms with Gasteiger partial charge in [0.1, 0.15) is 11.9 Å². The number of azo groups is 1. The van der Waals surface area contributed by atoms with Crippen LogP contribution >= 0.6 is 0 Å². The summed E-state index contributed by atoms with van der Waals surface area (Å²) < 4.78 is 15.0. The minimum atomic E-state index is -1.53. The molecule has 0 radical (unpaired) electrons. The van der Waals surface area contributed by atoms with E-state index >= 15 is 0 Å². The number of allylic oxidation sites excluding steroid dienone is 2. The number of hydrogen-bond donors (Lipinski definition) is 3. The van der Waals surface area contributed by atoms with Gasteiger partial charge in [0.2, 0.25) is 5.82 Å². The van der Waals surface area contributed by atoms with Crippen LogP contribution in [0.15, 0.2) is 81.8 Å². The average Bonchev–Trinajstić information content (AvgIpc) is 3.50. The Kier molecular flexibility index (Phi) is 5.53. The number of halogens is 1. The summed E-state index contributed by atoms with van der Waals surface area (Å²) in [6, 6.07) is 13.7. The predicted molar refractivity (Wildman–Crippen MR) is 126 cm³/mol. The molecule has 176 valence electrons. The van der Waals surface area contributed by atoms with Crippen LogP contribution in [-0.2, 0) is 5.54 Å². The summed E-state index contributed by atoms with van der Waals surface area (Å²) >= 11 is 0. The summed E-state index contributed by atoms with van der Waals surface area (Å²) in [5.74, 6) is -0.276. The van der Waals surface area contributed by atoms with E-state index in [4.69, 9.17) is 0 Å². The zero-order valence-corrected chi connectivity index (χ0v) is 18.8. The lowest BCUT2D eigenvalue weighted by molar-refractivity contribution is 0.153. The molecule has 4 aromatic rings. The number of rotatable bonds is 5. The quantitative estimate of drug-likeness (QED) is 0.382. The van der Waals surface area contributed by atoms with E-state index in [-0.39, 0.29) is 17.3 Å². The number of tetrazole rings is 1. The number of aromatic nitrogens is 6. The van der Waals surface area contributed by atoms with Crippen LogP contribution in [-0.4, -0.2) is 41.6 Å². The molecule has 2 unspecified atom stereocenters. The van der Waals surface area contributed by atoms with E-state index in [1.807, 2.05) is 30.3 Å². The molecule has 1 aliphatic rings. The first-order chi connectivity index (χ1) is 16.9. The molecule has 0 fully saturated rings. The maximum atomic E-state index is 13.7. The average molecular weight is 472 g/mol. The van der Waals surface area contributed by atoms with E-state index in [0.717, 1.165) is 5.56 Å². The van der Waals surface area contributed by atoms with Crippen molar-refractivity contribution in [3.8, 4) is 5.69 Å². The molecule has 10 nitrogen and oxygen atoms in total. The first kappa shape index (κ1) is 22.3. The highest BCUT2D eigenvalue weighted by Crippen LogP contribution is 2.40. The van der Waals surface area contributed by atoms with E-state index < -0.39 is 17.2 Å². The molecule has 2 atom stereocenters. The monoisotopic (exact) mass is 472 g/mol. The van der Waals surface area contributed by atoms with E-state index in [1.54, 1.807) is 38.1 Å². The number of benzene rings is 2. The maximum Gasteiger partial charge on any atom is 0.299 e. The van der Waals surface area contributed by atoms with Crippen molar-refractivity contribution < 1.29 is 9.50 Å². The third-order valence-corrected chi connectivity index (χ3v) is 5.90. The van der Waals surface area contributed by atoms with Crippen LogP contribution in [0, 0.1) is 19.7 Å². The largest absolute Gasteiger partial charge is 0.385 e. The lowest BCUT2D eigenvalue weighted by Crippen LogP contribution is -2.39. The molecule has 0 amide bonds. The molecular weight excluding hydrogens is 451 g/mol. The van der Waals surface area contributed by atoms with E-state index in [1.165, 1.54) is 16.8 Å². The van der Waals surface area contributed by atoms with Crippen molar-refractivity contribution in [1.82, 2.24) is 30.4 Å². The molecule has 0 aliphatic heterocycles. The fourth-order valence-corrected chi connectivity index (χ4v) is 4.00. The Bertz CT molecular complexity index is 1520. The second-order valence-electron chi connectivity index (χ2n) is 8.17. The number of H-pyrrole nitrogens is 2. The minimum Gasteiger partial charge on any atom is -0.385 e. The smallest absolute Gasteiger partial charge is 0.299 e. The SMILES string of the molecule is Cc1cc(-n2[nH]c(C)c(N=NC3(c4nn[nH]n4)C=CC=C(c4ccccc4)C3O)c2=O)ccc1F. The van der Waals surface area contributed by atoms with Gasteiger partial charge in [-0.3, -0.25) is 9.89 Å². The lowest BCUT2D eigenvalue weighted by atomic mass is 9.81. The number of hydrogen-bond acceptors (Lipinski definition) is 7. The third-order valence-electron chi connectivity index (χ3n) is 5.90. The molecule has 5 rings (SSSR count). The Morgan fingerprint density at radius 1 is 1.17 bits per heavy atom. The van der Waals surface area contributed by atoms with Crippen LogP contribution in [0.1, 0.15) is 22.6 Å². The molecule has 11 heteroatoms. The third kappa shape index (κ3) is 3.81. The van der Waals surface area contributed by atoms with E-state index in [0.29, 0.717) is 22.5 Å². The van der Waals surface area contributed by atoms with Gasteiger partial charge >= 0.3 is 0 Å². The molecule has 0 saturated carbocycles. The van der Waals surface area contributed by atoms with Crippen molar-refractivity contribution in [2.45, 2.75) is 25.5 Å². The Morgan fingerprint density at radius 3 is 2.69 bits per heavy atom. The predicted octanol–water partition coefficient (Wildman–Crippen LogP) is 3.43. The maximum absolute atomic E-state index is 13.7. The van der Waals surface area contributed by atoms with Gasteiger partial charge < -0.3 is 5.11 Å². The molecular formula is C24H21FN8O2. The Labute approximate surface area is 198 Å². The zero-order valence-electron chi connectivity index (χ0n) is 18.8. The molecule has 0 bridgehead atoms. The van der Waals surface area contributed by atoms with Crippen molar-refractivity contribution in [2.24, 2.45) is 10.2 Å². The molecule has 35 heavy (non-hydrogen) atoms. The Hall–Kier alpha value is -4.51. The van der Waals surface area contributed by atoms with Gasteiger partial charge in [0.25, 0.3) is 5.56 Å². The second kappa shape index (κ2) is 8.69. The highest BCUT2D eigenvalue weighted by molar-refractivity contribution is 5.73. The number of aryl methyl sites for hydroxylation is 2. The van der Waals surface area contributed by atoms with Crippen molar-refractivity contribution in [1.29, 1.82) is 0 Å². The molecule has 0 spiro atoms. The summed E-state index contributed by atoms with van der Waals surface area (Å²) in [6.07, 6.45) is 3.91. The molecule has 2 aromatic heterocycles. The van der Waals surface area contributed by atoms with Gasteiger partial charge in [-0.2, -0.15) is 10.3 Å². The van der Waals surface area contributed by atoms with Crippen LogP contribution in [0.3, 0.4) is 0 Å². The van der Waals surface area contributed by atoms with Crippen LogP contribution in [0.4, 0.5) is 10.1 Å². The zero-order chi connectivity index (χ0) is 24.6. The Morgan fingerprint density at radius 2 is 1.97 bits per heavy atom. The summed E-state index contributed by atoms with van der Waals surface area (Å²) in [5, 5.41) is 37.2. The number of nitrogens with one attached hydrogen (secondary N) is 2.